The first kappa shape index (κ1) is 21.6. The molecule has 0 aromatic heterocycles. The van der Waals surface area contributed by atoms with E-state index in [0.29, 0.717) is 5.92 Å². The standard InChI is InChI=1S/C19H32N2O.CH4/c1-7-21(13-12-20(6)14-15(2)3)18-10-8-17(9-11-18)19(22)16(4)5;/h8-11,15-16H,7,12-14H2,1-6H3;1H4. The second-order valence-electron chi connectivity index (χ2n) is 6.80. The summed E-state index contributed by atoms with van der Waals surface area (Å²) >= 11 is 0. The smallest absolute Gasteiger partial charge is 0.165 e. The lowest BCUT2D eigenvalue weighted by atomic mass is 10.0. The van der Waals surface area contributed by atoms with E-state index in [1.807, 2.05) is 26.0 Å². The summed E-state index contributed by atoms with van der Waals surface area (Å²) in [5, 5.41) is 0. The van der Waals surface area contributed by atoms with Gasteiger partial charge in [0.15, 0.2) is 5.78 Å². The number of ketones is 1. The predicted octanol–water partition coefficient (Wildman–Crippen LogP) is 4.58. The van der Waals surface area contributed by atoms with Gasteiger partial charge < -0.3 is 9.80 Å². The van der Waals surface area contributed by atoms with Crippen LogP contribution in [-0.4, -0.2) is 43.9 Å². The van der Waals surface area contributed by atoms with Crippen molar-refractivity contribution in [3.05, 3.63) is 29.8 Å². The lowest BCUT2D eigenvalue weighted by molar-refractivity contribution is 0.0939. The second kappa shape index (κ2) is 10.4. The number of carbonyl (C=O) groups is 1. The van der Waals surface area contributed by atoms with Crippen molar-refractivity contribution in [2.24, 2.45) is 11.8 Å². The summed E-state index contributed by atoms with van der Waals surface area (Å²) in [5.74, 6) is 0.963. The fraction of sp³-hybridized carbons (Fsp3) is 0.650. The number of hydrogen-bond donors (Lipinski definition) is 0. The molecule has 3 nitrogen and oxygen atoms in total. The van der Waals surface area contributed by atoms with E-state index in [9.17, 15) is 4.79 Å². The third-order valence-corrected chi connectivity index (χ3v) is 3.85. The van der Waals surface area contributed by atoms with Gasteiger partial charge in [0.05, 0.1) is 0 Å². The molecule has 0 saturated heterocycles. The average molecular weight is 321 g/mol. The maximum absolute atomic E-state index is 12.0. The largest absolute Gasteiger partial charge is 0.371 e. The molecule has 0 spiro atoms. The quantitative estimate of drug-likeness (QED) is 0.622. The van der Waals surface area contributed by atoms with E-state index < -0.39 is 0 Å². The molecule has 0 N–H and O–H groups in total. The first-order valence-corrected chi connectivity index (χ1v) is 8.42. The number of benzene rings is 1. The third-order valence-electron chi connectivity index (χ3n) is 3.85. The van der Waals surface area contributed by atoms with Crippen LogP contribution in [0.4, 0.5) is 5.69 Å². The van der Waals surface area contributed by atoms with Crippen LogP contribution in [0.25, 0.3) is 0 Å². The molecule has 0 saturated carbocycles. The monoisotopic (exact) mass is 320 g/mol. The van der Waals surface area contributed by atoms with Crippen LogP contribution in [-0.2, 0) is 0 Å². The van der Waals surface area contributed by atoms with E-state index in [4.69, 9.17) is 0 Å². The first-order valence-electron chi connectivity index (χ1n) is 8.42. The Hall–Kier alpha value is -1.35. The molecule has 23 heavy (non-hydrogen) atoms. The van der Waals surface area contributed by atoms with Crippen molar-refractivity contribution in [1.82, 2.24) is 4.90 Å². The van der Waals surface area contributed by atoms with Crippen LogP contribution in [0.2, 0.25) is 0 Å². The highest BCUT2D eigenvalue weighted by atomic mass is 16.1. The molecule has 0 aliphatic rings. The molecule has 0 atom stereocenters. The molecule has 0 amide bonds. The van der Waals surface area contributed by atoms with Gasteiger partial charge in [0.2, 0.25) is 0 Å². The number of carbonyl (C=O) groups excluding carboxylic acids is 1. The Bertz CT molecular complexity index is 451. The van der Waals surface area contributed by atoms with Gasteiger partial charge in [-0.25, -0.2) is 0 Å². The van der Waals surface area contributed by atoms with Crippen LogP contribution in [0.15, 0.2) is 24.3 Å². The number of hydrogen-bond acceptors (Lipinski definition) is 3. The molecule has 0 aliphatic carbocycles. The van der Waals surface area contributed by atoms with E-state index in [2.05, 4.69) is 49.8 Å². The minimum Gasteiger partial charge on any atom is -0.371 e. The van der Waals surface area contributed by atoms with Gasteiger partial charge in [-0.15, -0.1) is 0 Å². The van der Waals surface area contributed by atoms with Gasteiger partial charge in [-0.1, -0.05) is 35.1 Å². The molecule has 0 fully saturated rings. The van der Waals surface area contributed by atoms with Crippen molar-refractivity contribution in [3.8, 4) is 0 Å². The number of nitrogens with zero attached hydrogens (tertiary/aromatic N) is 2. The normalized spacial score (nSPS) is 11.0. The van der Waals surface area contributed by atoms with Gasteiger partial charge >= 0.3 is 0 Å². The minimum atomic E-state index is 0. The van der Waals surface area contributed by atoms with Crippen LogP contribution in [0, 0.1) is 11.8 Å². The molecule has 1 rings (SSSR count). The highest BCUT2D eigenvalue weighted by molar-refractivity contribution is 5.97. The molecular weight excluding hydrogens is 284 g/mol. The molecule has 0 aliphatic heterocycles. The molecule has 3 heteroatoms. The van der Waals surface area contributed by atoms with Crippen LogP contribution in [0.1, 0.15) is 52.4 Å². The van der Waals surface area contributed by atoms with Gasteiger partial charge in [-0.05, 0) is 44.2 Å². The topological polar surface area (TPSA) is 23.6 Å². The zero-order valence-electron chi connectivity index (χ0n) is 15.1. The highest BCUT2D eigenvalue weighted by Gasteiger charge is 2.11. The minimum absolute atomic E-state index is 0. The molecule has 0 radical (unpaired) electrons. The Morgan fingerprint density at radius 2 is 1.61 bits per heavy atom. The van der Waals surface area contributed by atoms with Gasteiger partial charge in [0.1, 0.15) is 0 Å². The SMILES string of the molecule is C.CCN(CCN(C)CC(C)C)c1ccc(C(=O)C(C)C)cc1. The Kier molecular flexibility index (Phi) is 9.82. The summed E-state index contributed by atoms with van der Waals surface area (Å²) in [5.41, 5.74) is 2.01. The van der Waals surface area contributed by atoms with Gasteiger partial charge in [0.25, 0.3) is 0 Å². The van der Waals surface area contributed by atoms with Crippen LogP contribution in [0.5, 0.6) is 0 Å². The molecular formula is C20H36N2O. The summed E-state index contributed by atoms with van der Waals surface area (Å²) in [6, 6.07) is 8.05. The lowest BCUT2D eigenvalue weighted by Gasteiger charge is -2.27. The van der Waals surface area contributed by atoms with Crippen LogP contribution < -0.4 is 4.90 Å². The average Bonchev–Trinajstić information content (AvgIpc) is 2.47. The molecule has 1 aromatic carbocycles. The maximum Gasteiger partial charge on any atom is 0.165 e. The van der Waals surface area contributed by atoms with Crippen molar-refractivity contribution in [3.63, 3.8) is 0 Å². The molecule has 0 heterocycles. The van der Waals surface area contributed by atoms with Crippen LogP contribution in [0.3, 0.4) is 0 Å². The third kappa shape index (κ3) is 7.17. The Labute approximate surface area is 143 Å². The Morgan fingerprint density at radius 3 is 2.04 bits per heavy atom. The van der Waals surface area contributed by atoms with Crippen LogP contribution >= 0.6 is 0 Å². The van der Waals surface area contributed by atoms with Crippen molar-refractivity contribution >= 4 is 11.5 Å². The predicted molar refractivity (Wildman–Crippen MR) is 103 cm³/mol. The number of Topliss-reactive ketones (excluding diaryl/α,β-unsaturated/α-hetero) is 1. The van der Waals surface area contributed by atoms with E-state index in [1.165, 1.54) is 5.69 Å². The van der Waals surface area contributed by atoms with Gasteiger partial charge in [-0.2, -0.15) is 0 Å². The Morgan fingerprint density at radius 1 is 1.04 bits per heavy atom. The summed E-state index contributed by atoms with van der Waals surface area (Å²) in [7, 11) is 2.18. The second-order valence-corrected chi connectivity index (χ2v) is 6.80. The zero-order valence-corrected chi connectivity index (χ0v) is 15.1. The van der Waals surface area contributed by atoms with Gasteiger partial charge in [0, 0.05) is 43.3 Å². The maximum atomic E-state index is 12.0. The molecule has 132 valence electrons. The molecule has 0 bridgehead atoms. The number of anilines is 1. The first-order chi connectivity index (χ1) is 10.3. The summed E-state index contributed by atoms with van der Waals surface area (Å²) < 4.78 is 0. The fourth-order valence-electron chi connectivity index (χ4n) is 2.65. The number of rotatable bonds is 9. The Balaban J connectivity index is 0.00000484. The zero-order chi connectivity index (χ0) is 16.7. The molecule has 1 aromatic rings. The van der Waals surface area contributed by atoms with E-state index >= 15 is 0 Å². The number of likely N-dealkylation sites (N-methyl/N-ethyl adjacent to an activating group) is 2. The summed E-state index contributed by atoms with van der Waals surface area (Å²) in [6.07, 6.45) is 0. The van der Waals surface area contributed by atoms with Crippen molar-refractivity contribution in [2.45, 2.75) is 42.0 Å². The lowest BCUT2D eigenvalue weighted by Crippen LogP contribution is -2.34. The van der Waals surface area contributed by atoms with Crippen molar-refractivity contribution in [1.29, 1.82) is 0 Å². The van der Waals surface area contributed by atoms with Crippen molar-refractivity contribution in [2.75, 3.05) is 38.1 Å². The van der Waals surface area contributed by atoms with Crippen molar-refractivity contribution < 1.29 is 4.79 Å². The fourth-order valence-corrected chi connectivity index (χ4v) is 2.65. The van der Waals surface area contributed by atoms with E-state index in [0.717, 1.165) is 31.7 Å². The van der Waals surface area contributed by atoms with E-state index in [-0.39, 0.29) is 19.1 Å². The molecule has 0 unspecified atom stereocenters. The van der Waals surface area contributed by atoms with E-state index in [1.54, 1.807) is 0 Å². The summed E-state index contributed by atoms with van der Waals surface area (Å²) in [4.78, 5) is 16.7. The summed E-state index contributed by atoms with van der Waals surface area (Å²) in [6.45, 7) is 14.7. The van der Waals surface area contributed by atoms with Gasteiger partial charge in [-0.3, -0.25) is 4.79 Å². The highest BCUT2D eigenvalue weighted by Crippen LogP contribution is 2.17.